The molecule has 0 unspecified atom stereocenters. The van der Waals surface area contributed by atoms with E-state index in [1.807, 2.05) is 4.90 Å². The van der Waals surface area contributed by atoms with Crippen molar-refractivity contribution in [1.29, 1.82) is 0 Å². The van der Waals surface area contributed by atoms with Crippen LogP contribution < -0.4 is 5.32 Å². The zero-order valence-corrected chi connectivity index (χ0v) is 15.0. The quantitative estimate of drug-likeness (QED) is 0.835. The Morgan fingerprint density at radius 1 is 1.08 bits per heavy atom. The molecule has 1 saturated heterocycles. The summed E-state index contributed by atoms with van der Waals surface area (Å²) in [6.45, 7) is 5.88. The van der Waals surface area contributed by atoms with Crippen LogP contribution in [0, 0.1) is 5.92 Å². The van der Waals surface area contributed by atoms with Gasteiger partial charge in [0.15, 0.2) is 0 Å². The summed E-state index contributed by atoms with van der Waals surface area (Å²) in [4.78, 5) is 25.4. The van der Waals surface area contributed by atoms with Crippen LogP contribution in [0.25, 0.3) is 0 Å². The Morgan fingerprint density at radius 2 is 1.67 bits per heavy atom. The van der Waals surface area contributed by atoms with Crippen LogP contribution in [0.4, 0.5) is 0 Å². The molecule has 1 heterocycles. The molecule has 132 valence electrons. The van der Waals surface area contributed by atoms with E-state index in [1.54, 1.807) is 6.92 Å². The highest BCUT2D eigenvalue weighted by Crippen LogP contribution is 2.17. The van der Waals surface area contributed by atoms with Gasteiger partial charge in [0.2, 0.25) is 11.8 Å². The third kappa shape index (κ3) is 5.66. The smallest absolute Gasteiger partial charge is 0.223 e. The number of benzene rings is 1. The van der Waals surface area contributed by atoms with E-state index in [1.165, 1.54) is 24.0 Å². The Kier molecular flexibility index (Phi) is 7.29. The fraction of sp³-hybridized carbons (Fsp3) is 0.600. The van der Waals surface area contributed by atoms with Gasteiger partial charge in [-0.25, -0.2) is 0 Å². The van der Waals surface area contributed by atoms with Gasteiger partial charge in [0.05, 0.1) is 0 Å². The second kappa shape index (κ2) is 9.45. The van der Waals surface area contributed by atoms with Gasteiger partial charge in [-0.05, 0) is 43.2 Å². The van der Waals surface area contributed by atoms with Crippen LogP contribution >= 0.6 is 0 Å². The summed E-state index contributed by atoms with van der Waals surface area (Å²) in [6, 6.07) is 8.74. The summed E-state index contributed by atoms with van der Waals surface area (Å²) in [5, 5.41) is 3.05. The maximum Gasteiger partial charge on any atom is 0.223 e. The average Bonchev–Trinajstić information content (AvgIpc) is 2.61. The first-order valence-corrected chi connectivity index (χ1v) is 9.21. The standard InChI is InChI=1S/C20H30N2O2/c1-3-4-5-17-6-8-18(9-7-17)10-13-21-20(24)19-11-14-22(15-12-19)16(2)23/h6-9,19H,3-5,10-15H2,1-2H3,(H,21,24). The van der Waals surface area contributed by atoms with Gasteiger partial charge in [-0.3, -0.25) is 9.59 Å². The maximum atomic E-state index is 12.2. The van der Waals surface area contributed by atoms with Crippen LogP contribution in [0.5, 0.6) is 0 Å². The number of aryl methyl sites for hydroxylation is 1. The highest BCUT2D eigenvalue weighted by Gasteiger charge is 2.25. The average molecular weight is 330 g/mol. The minimum absolute atomic E-state index is 0.0528. The molecule has 0 bridgehead atoms. The normalized spacial score (nSPS) is 15.3. The van der Waals surface area contributed by atoms with Gasteiger partial charge in [0.1, 0.15) is 0 Å². The highest BCUT2D eigenvalue weighted by atomic mass is 16.2. The van der Waals surface area contributed by atoms with E-state index in [9.17, 15) is 9.59 Å². The number of unbranched alkanes of at least 4 members (excludes halogenated alkanes) is 1. The lowest BCUT2D eigenvalue weighted by Gasteiger charge is -2.30. The van der Waals surface area contributed by atoms with Gasteiger partial charge >= 0.3 is 0 Å². The van der Waals surface area contributed by atoms with Crippen molar-refractivity contribution in [1.82, 2.24) is 10.2 Å². The van der Waals surface area contributed by atoms with Gasteiger partial charge in [0.25, 0.3) is 0 Å². The minimum Gasteiger partial charge on any atom is -0.356 e. The molecule has 0 aliphatic carbocycles. The molecule has 1 aromatic carbocycles. The van der Waals surface area contributed by atoms with E-state index < -0.39 is 0 Å². The molecular formula is C20H30N2O2. The number of rotatable bonds is 7. The Morgan fingerprint density at radius 3 is 2.21 bits per heavy atom. The lowest BCUT2D eigenvalue weighted by molar-refractivity contribution is -0.133. The zero-order valence-electron chi connectivity index (χ0n) is 15.0. The molecule has 1 aliphatic rings. The van der Waals surface area contributed by atoms with E-state index >= 15 is 0 Å². The van der Waals surface area contributed by atoms with Crippen molar-refractivity contribution in [2.24, 2.45) is 5.92 Å². The summed E-state index contributed by atoms with van der Waals surface area (Å²) in [5.41, 5.74) is 2.66. The Hall–Kier alpha value is -1.84. The predicted molar refractivity (Wildman–Crippen MR) is 96.7 cm³/mol. The number of nitrogens with one attached hydrogen (secondary N) is 1. The van der Waals surface area contributed by atoms with E-state index in [4.69, 9.17) is 0 Å². The monoisotopic (exact) mass is 330 g/mol. The number of piperidine rings is 1. The Balaban J connectivity index is 1.68. The summed E-state index contributed by atoms with van der Waals surface area (Å²) >= 11 is 0. The predicted octanol–water partition coefficient (Wildman–Crippen LogP) is 2.95. The first kappa shape index (κ1) is 18.5. The summed E-state index contributed by atoms with van der Waals surface area (Å²) in [6.07, 6.45) is 6.02. The number of likely N-dealkylation sites (tertiary alicyclic amines) is 1. The van der Waals surface area contributed by atoms with Crippen LogP contribution in [0.3, 0.4) is 0 Å². The Labute approximate surface area is 145 Å². The van der Waals surface area contributed by atoms with E-state index in [0.717, 1.165) is 25.7 Å². The number of hydrogen-bond donors (Lipinski definition) is 1. The van der Waals surface area contributed by atoms with Crippen LogP contribution in [-0.4, -0.2) is 36.3 Å². The van der Waals surface area contributed by atoms with E-state index in [2.05, 4.69) is 36.5 Å². The van der Waals surface area contributed by atoms with Crippen molar-refractivity contribution < 1.29 is 9.59 Å². The van der Waals surface area contributed by atoms with Crippen molar-refractivity contribution in [3.05, 3.63) is 35.4 Å². The number of carbonyl (C=O) groups excluding carboxylic acids is 2. The van der Waals surface area contributed by atoms with Crippen molar-refractivity contribution in [2.45, 2.75) is 52.4 Å². The van der Waals surface area contributed by atoms with Gasteiger partial charge < -0.3 is 10.2 Å². The fourth-order valence-electron chi connectivity index (χ4n) is 3.18. The third-order valence-corrected chi connectivity index (χ3v) is 4.87. The molecule has 0 atom stereocenters. The highest BCUT2D eigenvalue weighted by molar-refractivity contribution is 5.79. The molecule has 1 aromatic rings. The topological polar surface area (TPSA) is 49.4 Å². The number of carbonyl (C=O) groups is 2. The molecule has 4 nitrogen and oxygen atoms in total. The SMILES string of the molecule is CCCCc1ccc(CCNC(=O)C2CCN(C(C)=O)CC2)cc1. The summed E-state index contributed by atoms with van der Waals surface area (Å²) < 4.78 is 0. The molecular weight excluding hydrogens is 300 g/mol. The fourth-order valence-corrected chi connectivity index (χ4v) is 3.18. The van der Waals surface area contributed by atoms with Crippen molar-refractivity contribution >= 4 is 11.8 Å². The molecule has 1 N–H and O–H groups in total. The second-order valence-electron chi connectivity index (χ2n) is 6.74. The molecule has 1 fully saturated rings. The second-order valence-corrected chi connectivity index (χ2v) is 6.74. The summed E-state index contributed by atoms with van der Waals surface area (Å²) in [5.74, 6) is 0.297. The lowest BCUT2D eigenvalue weighted by Crippen LogP contribution is -2.42. The molecule has 2 rings (SSSR count). The third-order valence-electron chi connectivity index (χ3n) is 4.87. The molecule has 2 amide bonds. The van der Waals surface area contributed by atoms with Gasteiger partial charge in [0, 0.05) is 32.5 Å². The first-order chi connectivity index (χ1) is 11.6. The van der Waals surface area contributed by atoms with Crippen molar-refractivity contribution in [3.63, 3.8) is 0 Å². The number of amides is 2. The number of nitrogens with zero attached hydrogens (tertiary/aromatic N) is 1. The maximum absolute atomic E-state index is 12.2. The molecule has 0 aromatic heterocycles. The zero-order chi connectivity index (χ0) is 17.4. The number of hydrogen-bond acceptors (Lipinski definition) is 2. The van der Waals surface area contributed by atoms with Crippen molar-refractivity contribution in [2.75, 3.05) is 19.6 Å². The first-order valence-electron chi connectivity index (χ1n) is 9.21. The van der Waals surface area contributed by atoms with Crippen LogP contribution in [-0.2, 0) is 22.4 Å². The van der Waals surface area contributed by atoms with E-state index in [-0.39, 0.29) is 17.7 Å². The molecule has 1 aliphatic heterocycles. The molecule has 24 heavy (non-hydrogen) atoms. The van der Waals surface area contributed by atoms with Gasteiger partial charge in [-0.2, -0.15) is 0 Å². The Bertz CT molecular complexity index is 531. The van der Waals surface area contributed by atoms with Crippen molar-refractivity contribution in [3.8, 4) is 0 Å². The summed E-state index contributed by atoms with van der Waals surface area (Å²) in [7, 11) is 0. The lowest BCUT2D eigenvalue weighted by atomic mass is 9.96. The van der Waals surface area contributed by atoms with Crippen LogP contribution in [0.2, 0.25) is 0 Å². The molecule has 0 spiro atoms. The molecule has 0 saturated carbocycles. The van der Waals surface area contributed by atoms with Gasteiger partial charge in [-0.1, -0.05) is 37.6 Å². The molecule has 0 radical (unpaired) electrons. The van der Waals surface area contributed by atoms with Crippen LogP contribution in [0.1, 0.15) is 50.7 Å². The van der Waals surface area contributed by atoms with Crippen LogP contribution in [0.15, 0.2) is 24.3 Å². The molecule has 4 heteroatoms. The minimum atomic E-state index is 0.0528. The van der Waals surface area contributed by atoms with Gasteiger partial charge in [-0.15, -0.1) is 0 Å². The van der Waals surface area contributed by atoms with E-state index in [0.29, 0.717) is 19.6 Å². The largest absolute Gasteiger partial charge is 0.356 e.